The van der Waals surface area contributed by atoms with Crippen LogP contribution in [-0.4, -0.2) is 18.0 Å². The van der Waals surface area contributed by atoms with Gasteiger partial charge in [-0.15, -0.1) is 0 Å². The Hall–Kier alpha value is -2.31. The lowest BCUT2D eigenvalue weighted by Crippen LogP contribution is -2.19. The Balaban J connectivity index is 1.79. The zero-order chi connectivity index (χ0) is 16.9. The molecule has 0 amide bonds. The maximum atomic E-state index is 9.03. The van der Waals surface area contributed by atoms with Crippen LogP contribution >= 0.6 is 0 Å². The van der Waals surface area contributed by atoms with Crippen LogP contribution in [0.5, 0.6) is 5.75 Å². The quantitative estimate of drug-likeness (QED) is 0.822. The topological polar surface area (TPSA) is 36.3 Å². The predicted octanol–water partition coefficient (Wildman–Crippen LogP) is 4.35. The number of nitriles is 1. The largest absolute Gasteiger partial charge is 0.489 e. The monoisotopic (exact) mass is 320 g/mol. The molecule has 1 fully saturated rings. The maximum Gasteiger partial charge on any atom is 0.124 e. The summed E-state index contributed by atoms with van der Waals surface area (Å²) >= 11 is 0. The summed E-state index contributed by atoms with van der Waals surface area (Å²) in [7, 11) is 0. The van der Waals surface area contributed by atoms with Gasteiger partial charge in [0, 0.05) is 12.1 Å². The van der Waals surface area contributed by atoms with Gasteiger partial charge in [-0.2, -0.15) is 5.26 Å². The Morgan fingerprint density at radius 3 is 2.67 bits per heavy atom. The summed E-state index contributed by atoms with van der Waals surface area (Å²) in [6.07, 6.45) is 2.59. The minimum atomic E-state index is 0.491. The number of ether oxygens (including phenoxy) is 1. The van der Waals surface area contributed by atoms with Gasteiger partial charge in [0.25, 0.3) is 0 Å². The van der Waals surface area contributed by atoms with E-state index in [9.17, 15) is 0 Å². The lowest BCUT2D eigenvalue weighted by Gasteiger charge is -2.20. The van der Waals surface area contributed by atoms with Crippen LogP contribution in [0.2, 0.25) is 0 Å². The Bertz CT molecular complexity index is 755. The van der Waals surface area contributed by atoms with Crippen molar-refractivity contribution in [2.75, 3.05) is 13.1 Å². The molecule has 1 saturated heterocycles. The number of rotatable bonds is 5. The first-order valence-corrected chi connectivity index (χ1v) is 8.60. The summed E-state index contributed by atoms with van der Waals surface area (Å²) in [6, 6.07) is 14.2. The first-order valence-electron chi connectivity index (χ1n) is 8.60. The van der Waals surface area contributed by atoms with Gasteiger partial charge in [-0.3, -0.25) is 4.90 Å². The van der Waals surface area contributed by atoms with E-state index in [-0.39, 0.29) is 0 Å². The molecule has 2 aromatic carbocycles. The van der Waals surface area contributed by atoms with E-state index in [1.807, 2.05) is 24.3 Å². The van der Waals surface area contributed by atoms with Gasteiger partial charge in [0.15, 0.2) is 0 Å². The summed E-state index contributed by atoms with van der Waals surface area (Å²) in [5.74, 6) is 0.974. The minimum absolute atomic E-state index is 0.491. The third kappa shape index (κ3) is 3.96. The second kappa shape index (κ2) is 7.51. The lowest BCUT2D eigenvalue weighted by atomic mass is 10.0. The van der Waals surface area contributed by atoms with Crippen molar-refractivity contribution in [1.29, 1.82) is 5.26 Å². The van der Waals surface area contributed by atoms with E-state index in [0.29, 0.717) is 12.2 Å². The highest BCUT2D eigenvalue weighted by atomic mass is 16.5. The maximum absolute atomic E-state index is 9.03. The number of likely N-dealkylation sites (tertiary alicyclic amines) is 1. The molecule has 24 heavy (non-hydrogen) atoms. The Kier molecular flexibility index (Phi) is 5.17. The fraction of sp³-hybridized carbons (Fsp3) is 0.381. The van der Waals surface area contributed by atoms with Gasteiger partial charge in [-0.25, -0.2) is 0 Å². The van der Waals surface area contributed by atoms with Crippen LogP contribution in [0, 0.1) is 25.2 Å². The van der Waals surface area contributed by atoms with Gasteiger partial charge in [0.05, 0.1) is 11.6 Å². The number of nitrogens with zero attached hydrogens (tertiary/aromatic N) is 2. The Labute approximate surface area is 144 Å². The first-order chi connectivity index (χ1) is 11.7. The summed E-state index contributed by atoms with van der Waals surface area (Å²) < 4.78 is 6.16. The SMILES string of the molecule is Cc1cc(C)c(CN2CCCC2)c(OCc2cccc(C#N)c2)c1. The van der Waals surface area contributed by atoms with Crippen molar-refractivity contribution in [1.82, 2.24) is 4.90 Å². The fourth-order valence-electron chi connectivity index (χ4n) is 3.35. The highest BCUT2D eigenvalue weighted by Gasteiger charge is 2.16. The van der Waals surface area contributed by atoms with Crippen LogP contribution in [0.4, 0.5) is 0 Å². The summed E-state index contributed by atoms with van der Waals surface area (Å²) in [4.78, 5) is 2.50. The van der Waals surface area contributed by atoms with E-state index in [1.54, 1.807) is 0 Å². The molecule has 124 valence electrons. The molecule has 3 nitrogen and oxygen atoms in total. The molecule has 0 atom stereocenters. The zero-order valence-corrected chi connectivity index (χ0v) is 14.5. The summed E-state index contributed by atoms with van der Waals surface area (Å²) in [5, 5.41) is 9.03. The van der Waals surface area contributed by atoms with E-state index in [0.717, 1.165) is 17.9 Å². The molecule has 3 heteroatoms. The molecule has 0 aliphatic carbocycles. The molecular formula is C21H24N2O. The standard InChI is InChI=1S/C21H24N2O/c1-16-10-17(2)20(14-23-8-3-4-9-23)21(11-16)24-15-19-7-5-6-18(12-19)13-22/h5-7,10-12H,3-4,8-9,14-15H2,1-2H3. The van der Waals surface area contributed by atoms with Gasteiger partial charge >= 0.3 is 0 Å². The minimum Gasteiger partial charge on any atom is -0.489 e. The molecule has 1 aliphatic heterocycles. The number of hydrogen-bond acceptors (Lipinski definition) is 3. The van der Waals surface area contributed by atoms with E-state index in [4.69, 9.17) is 10.00 Å². The zero-order valence-electron chi connectivity index (χ0n) is 14.5. The van der Waals surface area contributed by atoms with Crippen LogP contribution in [0.25, 0.3) is 0 Å². The van der Waals surface area contributed by atoms with Crippen LogP contribution in [0.1, 0.15) is 40.7 Å². The fourth-order valence-corrected chi connectivity index (χ4v) is 3.35. The van der Waals surface area contributed by atoms with E-state index in [1.165, 1.54) is 42.6 Å². The first kappa shape index (κ1) is 16.5. The molecule has 0 saturated carbocycles. The Morgan fingerprint density at radius 2 is 1.92 bits per heavy atom. The third-order valence-corrected chi connectivity index (χ3v) is 4.61. The third-order valence-electron chi connectivity index (χ3n) is 4.61. The molecule has 0 bridgehead atoms. The number of benzene rings is 2. The van der Waals surface area contributed by atoms with Crippen LogP contribution in [0.15, 0.2) is 36.4 Å². The van der Waals surface area contributed by atoms with E-state index in [2.05, 4.69) is 36.9 Å². The average molecular weight is 320 g/mol. The predicted molar refractivity (Wildman–Crippen MR) is 95.9 cm³/mol. The molecule has 2 aromatic rings. The van der Waals surface area contributed by atoms with Crippen molar-refractivity contribution in [3.8, 4) is 11.8 Å². The Morgan fingerprint density at radius 1 is 1.12 bits per heavy atom. The summed E-state index contributed by atoms with van der Waals surface area (Å²) in [5.41, 5.74) is 5.51. The van der Waals surface area contributed by atoms with Crippen molar-refractivity contribution in [3.05, 3.63) is 64.2 Å². The second-order valence-electron chi connectivity index (χ2n) is 6.64. The van der Waals surface area contributed by atoms with Crippen molar-refractivity contribution in [2.45, 2.75) is 39.8 Å². The molecule has 1 aliphatic rings. The number of aryl methyl sites for hydroxylation is 2. The van der Waals surface area contributed by atoms with Crippen LogP contribution < -0.4 is 4.74 Å². The van der Waals surface area contributed by atoms with Gasteiger partial charge < -0.3 is 4.74 Å². The van der Waals surface area contributed by atoms with Crippen molar-refractivity contribution >= 4 is 0 Å². The van der Waals surface area contributed by atoms with E-state index < -0.39 is 0 Å². The summed E-state index contributed by atoms with van der Waals surface area (Å²) in [6.45, 7) is 8.08. The molecule has 0 N–H and O–H groups in total. The highest BCUT2D eigenvalue weighted by Crippen LogP contribution is 2.28. The van der Waals surface area contributed by atoms with Gasteiger partial charge in [0.2, 0.25) is 0 Å². The van der Waals surface area contributed by atoms with Crippen molar-refractivity contribution < 1.29 is 4.74 Å². The molecule has 0 radical (unpaired) electrons. The normalized spacial score (nSPS) is 14.5. The average Bonchev–Trinajstić information content (AvgIpc) is 3.09. The van der Waals surface area contributed by atoms with Crippen LogP contribution in [0.3, 0.4) is 0 Å². The number of hydrogen-bond donors (Lipinski definition) is 0. The smallest absolute Gasteiger partial charge is 0.124 e. The van der Waals surface area contributed by atoms with E-state index >= 15 is 0 Å². The molecular weight excluding hydrogens is 296 g/mol. The highest BCUT2D eigenvalue weighted by molar-refractivity contribution is 5.43. The molecule has 0 aromatic heterocycles. The van der Waals surface area contributed by atoms with Gasteiger partial charge in [0.1, 0.15) is 12.4 Å². The molecule has 1 heterocycles. The molecule has 0 spiro atoms. The van der Waals surface area contributed by atoms with Crippen molar-refractivity contribution in [3.63, 3.8) is 0 Å². The van der Waals surface area contributed by atoms with Crippen LogP contribution in [-0.2, 0) is 13.2 Å². The van der Waals surface area contributed by atoms with Crippen molar-refractivity contribution in [2.24, 2.45) is 0 Å². The molecule has 0 unspecified atom stereocenters. The second-order valence-corrected chi connectivity index (χ2v) is 6.64. The molecule has 3 rings (SSSR count). The van der Waals surface area contributed by atoms with Gasteiger partial charge in [-0.05, 0) is 74.7 Å². The van der Waals surface area contributed by atoms with Gasteiger partial charge in [-0.1, -0.05) is 18.2 Å². The lowest BCUT2D eigenvalue weighted by molar-refractivity contribution is 0.285.